The Labute approximate surface area is 115 Å². The van der Waals surface area contributed by atoms with Crippen molar-refractivity contribution in [1.82, 2.24) is 0 Å². The molecular weight excluding hydrogens is 406 g/mol. The zero-order valence-corrected chi connectivity index (χ0v) is 11.2. The third-order valence-electron chi connectivity index (χ3n) is 3.07. The van der Waals surface area contributed by atoms with Crippen LogP contribution in [0.15, 0.2) is 0 Å². The molecule has 0 aromatic rings. The van der Waals surface area contributed by atoms with Crippen LogP contribution in [0, 0.1) is 5.92 Å². The van der Waals surface area contributed by atoms with Crippen LogP contribution in [0.5, 0.6) is 0 Å². The molecule has 1 rings (SSSR count). The lowest BCUT2D eigenvalue weighted by molar-refractivity contribution is -0.402. The smallest absolute Gasteiger partial charge is 0.199 e. The molecule has 19 heavy (non-hydrogen) atoms. The van der Waals surface area contributed by atoms with E-state index in [1.54, 1.807) is 0 Å². The van der Waals surface area contributed by atoms with Gasteiger partial charge in [-0.15, -0.1) is 0 Å². The first-order valence-electron chi connectivity index (χ1n) is 5.11. The van der Waals surface area contributed by atoms with Crippen LogP contribution in [0.25, 0.3) is 0 Å². The van der Waals surface area contributed by atoms with E-state index in [-0.39, 0.29) is 12.8 Å². The lowest BCUT2D eigenvalue weighted by Gasteiger charge is -2.37. The number of hydrogen-bond acceptors (Lipinski definition) is 0. The van der Waals surface area contributed by atoms with Crippen LogP contribution in [-0.4, -0.2) is 27.9 Å². The third kappa shape index (κ3) is 2.53. The molecule has 0 N–H and O–H groups in total. The Bertz CT molecular complexity index is 335. The van der Waals surface area contributed by atoms with Crippen molar-refractivity contribution in [3.63, 3.8) is 0 Å². The highest BCUT2D eigenvalue weighted by molar-refractivity contribution is 14.1. The topological polar surface area (TPSA) is 0 Å². The highest BCUT2D eigenvalue weighted by Gasteiger charge is 2.83. The van der Waals surface area contributed by atoms with Crippen molar-refractivity contribution >= 4 is 22.6 Å². The van der Waals surface area contributed by atoms with Gasteiger partial charge in [0.05, 0.1) is 0 Å². The van der Waals surface area contributed by atoms with Crippen LogP contribution in [0.2, 0.25) is 0 Å². The molecule has 10 heteroatoms. The maximum absolute atomic E-state index is 13.4. The van der Waals surface area contributed by atoms with Gasteiger partial charge in [-0.05, 0) is 12.8 Å². The summed E-state index contributed by atoms with van der Waals surface area (Å²) in [4.78, 5) is 0. The highest BCUT2D eigenvalue weighted by Crippen LogP contribution is 2.58. The second-order valence-electron chi connectivity index (χ2n) is 4.32. The van der Waals surface area contributed by atoms with E-state index in [1.807, 2.05) is 0 Å². The molecule has 0 unspecified atom stereocenters. The Morgan fingerprint density at radius 2 is 1.21 bits per heavy atom. The van der Waals surface area contributed by atoms with Gasteiger partial charge in [-0.1, -0.05) is 29.0 Å². The SMILES string of the molecule is FC(F)(F)C(F)(F)C(F)(F)C(F)(F)[C@@H]1CCC[C@H]1I. The predicted molar refractivity (Wildman–Crippen MR) is 56.0 cm³/mol. The van der Waals surface area contributed by atoms with Crippen LogP contribution in [0.3, 0.4) is 0 Å². The van der Waals surface area contributed by atoms with E-state index in [0.717, 1.165) is 0 Å². The minimum atomic E-state index is -6.78. The van der Waals surface area contributed by atoms with E-state index in [1.165, 1.54) is 22.6 Å². The van der Waals surface area contributed by atoms with E-state index in [9.17, 15) is 39.5 Å². The maximum Gasteiger partial charge on any atom is 0.460 e. The summed E-state index contributed by atoms with van der Waals surface area (Å²) in [5.74, 6) is -20.9. The first-order chi connectivity index (χ1) is 8.27. The number of alkyl halides is 10. The van der Waals surface area contributed by atoms with Crippen LogP contribution in [0.4, 0.5) is 39.5 Å². The molecule has 0 amide bonds. The molecule has 0 spiro atoms. The highest BCUT2D eigenvalue weighted by atomic mass is 127. The molecule has 0 radical (unpaired) electrons. The van der Waals surface area contributed by atoms with Crippen LogP contribution in [-0.2, 0) is 0 Å². The molecule has 0 aromatic carbocycles. The average Bonchev–Trinajstić information content (AvgIpc) is 2.62. The van der Waals surface area contributed by atoms with Gasteiger partial charge >= 0.3 is 23.9 Å². The monoisotopic (exact) mass is 414 g/mol. The number of hydrogen-bond donors (Lipinski definition) is 0. The molecule has 0 aliphatic heterocycles. The molecule has 0 heterocycles. The van der Waals surface area contributed by atoms with Crippen molar-refractivity contribution in [3.8, 4) is 0 Å². The fourth-order valence-corrected chi connectivity index (χ4v) is 3.19. The van der Waals surface area contributed by atoms with Crippen molar-refractivity contribution < 1.29 is 39.5 Å². The molecule has 2 atom stereocenters. The lowest BCUT2D eigenvalue weighted by Crippen LogP contribution is -2.63. The molecule has 1 aliphatic carbocycles. The number of halogens is 10. The maximum atomic E-state index is 13.4. The normalized spacial score (nSPS) is 26.8. The van der Waals surface area contributed by atoms with Crippen LogP contribution in [0.1, 0.15) is 19.3 Å². The fourth-order valence-electron chi connectivity index (χ4n) is 1.94. The van der Waals surface area contributed by atoms with Gasteiger partial charge in [-0.2, -0.15) is 39.5 Å². The standard InChI is InChI=1S/C9H8F9I/c10-6(11,4-2-1-3-5(4)19)7(12,13)8(14,15)9(16,17)18/h4-5H,1-3H2/t4-,5-/m1/s1. The summed E-state index contributed by atoms with van der Waals surface area (Å²) < 4.78 is 113. The van der Waals surface area contributed by atoms with Gasteiger partial charge < -0.3 is 0 Å². The van der Waals surface area contributed by atoms with Gasteiger partial charge in [-0.3, -0.25) is 0 Å². The summed E-state index contributed by atoms with van der Waals surface area (Å²) in [6.07, 6.45) is -7.08. The van der Waals surface area contributed by atoms with Gasteiger partial charge in [0.1, 0.15) is 0 Å². The van der Waals surface area contributed by atoms with Gasteiger partial charge in [0.25, 0.3) is 0 Å². The van der Waals surface area contributed by atoms with Crippen molar-refractivity contribution in [3.05, 3.63) is 0 Å². The third-order valence-corrected chi connectivity index (χ3v) is 4.56. The number of rotatable bonds is 3. The van der Waals surface area contributed by atoms with E-state index in [0.29, 0.717) is 0 Å². The summed E-state index contributed by atoms with van der Waals surface area (Å²) in [7, 11) is 0. The first kappa shape index (κ1) is 17.2. The fraction of sp³-hybridized carbons (Fsp3) is 1.00. The average molecular weight is 414 g/mol. The van der Waals surface area contributed by atoms with E-state index >= 15 is 0 Å². The Morgan fingerprint density at radius 3 is 1.53 bits per heavy atom. The minimum absolute atomic E-state index is 0.0779. The van der Waals surface area contributed by atoms with Gasteiger partial charge in [0.15, 0.2) is 0 Å². The Balaban J connectivity index is 3.17. The van der Waals surface area contributed by atoms with E-state index in [2.05, 4.69) is 0 Å². The van der Waals surface area contributed by atoms with Crippen molar-refractivity contribution in [2.24, 2.45) is 5.92 Å². The van der Waals surface area contributed by atoms with Gasteiger partial charge in [-0.25, -0.2) is 0 Å². The molecule has 1 saturated carbocycles. The van der Waals surface area contributed by atoms with E-state index < -0.39 is 40.2 Å². The quantitative estimate of drug-likeness (QED) is 0.344. The minimum Gasteiger partial charge on any atom is -0.199 e. The van der Waals surface area contributed by atoms with E-state index in [4.69, 9.17) is 0 Å². The van der Waals surface area contributed by atoms with Crippen LogP contribution < -0.4 is 0 Å². The molecule has 1 aliphatic rings. The van der Waals surface area contributed by atoms with Crippen molar-refractivity contribution in [2.45, 2.75) is 47.1 Å². The predicted octanol–water partition coefficient (Wildman–Crippen LogP) is 5.06. The van der Waals surface area contributed by atoms with Crippen molar-refractivity contribution in [1.29, 1.82) is 0 Å². The molecule has 0 bridgehead atoms. The zero-order chi connectivity index (χ0) is 15.3. The summed E-state index contributed by atoms with van der Waals surface area (Å²) in [6.45, 7) is 0. The lowest BCUT2D eigenvalue weighted by atomic mass is 9.90. The van der Waals surface area contributed by atoms with Crippen molar-refractivity contribution in [2.75, 3.05) is 0 Å². The Kier molecular flexibility index (Phi) is 4.36. The Hall–Kier alpha value is 0.1000. The molecule has 0 nitrogen and oxygen atoms in total. The zero-order valence-electron chi connectivity index (χ0n) is 9.06. The molecule has 0 aromatic heterocycles. The van der Waals surface area contributed by atoms with Crippen LogP contribution >= 0.6 is 22.6 Å². The largest absolute Gasteiger partial charge is 0.460 e. The first-order valence-corrected chi connectivity index (χ1v) is 6.35. The second kappa shape index (κ2) is 4.83. The van der Waals surface area contributed by atoms with Gasteiger partial charge in [0, 0.05) is 9.84 Å². The Morgan fingerprint density at radius 1 is 0.737 bits per heavy atom. The molecular formula is C9H8F9I. The summed E-state index contributed by atoms with van der Waals surface area (Å²) in [5, 5.41) is 0. The molecule has 0 saturated heterocycles. The van der Waals surface area contributed by atoms with Gasteiger partial charge in [0.2, 0.25) is 0 Å². The summed E-state index contributed by atoms with van der Waals surface area (Å²) in [6, 6.07) is 0. The molecule has 1 fully saturated rings. The second-order valence-corrected chi connectivity index (χ2v) is 5.92. The summed E-state index contributed by atoms with van der Waals surface area (Å²) >= 11 is 1.37. The summed E-state index contributed by atoms with van der Waals surface area (Å²) in [5.41, 5.74) is 0. The molecule has 114 valence electrons.